The molecular formula is C12H14N2O3S. The van der Waals surface area contributed by atoms with E-state index in [1.807, 2.05) is 0 Å². The Morgan fingerprint density at radius 1 is 1.56 bits per heavy atom. The second-order valence-electron chi connectivity index (χ2n) is 4.32. The summed E-state index contributed by atoms with van der Waals surface area (Å²) >= 11 is 4.23. The summed E-state index contributed by atoms with van der Waals surface area (Å²) < 4.78 is 0. The van der Waals surface area contributed by atoms with Crippen LogP contribution in [0.15, 0.2) is 24.5 Å². The second kappa shape index (κ2) is 5.39. The quantitative estimate of drug-likeness (QED) is 0.783. The molecule has 1 aliphatic heterocycles. The minimum absolute atomic E-state index is 0.0724. The first-order valence-electron chi connectivity index (χ1n) is 5.67. The molecule has 1 aromatic rings. The number of hydrogen-bond donors (Lipinski definition) is 2. The minimum atomic E-state index is -0.984. The number of carbonyl (C=O) groups excluding carboxylic acids is 1. The number of likely N-dealkylation sites (tertiary alicyclic amines) is 1. The Labute approximate surface area is 110 Å². The van der Waals surface area contributed by atoms with Crippen LogP contribution in [0.3, 0.4) is 0 Å². The number of amides is 1. The highest BCUT2D eigenvalue weighted by Gasteiger charge is 2.36. The van der Waals surface area contributed by atoms with E-state index in [9.17, 15) is 14.7 Å². The summed E-state index contributed by atoms with van der Waals surface area (Å²) in [4.78, 5) is 28.3. The molecule has 2 unspecified atom stereocenters. The van der Waals surface area contributed by atoms with Gasteiger partial charge in [-0.15, -0.1) is 0 Å². The number of pyridine rings is 1. The Hall–Kier alpha value is -1.56. The zero-order valence-electron chi connectivity index (χ0n) is 9.69. The minimum Gasteiger partial charge on any atom is -0.480 e. The summed E-state index contributed by atoms with van der Waals surface area (Å²) in [6, 6.07) is 2.70. The van der Waals surface area contributed by atoms with Crippen molar-refractivity contribution in [3.8, 4) is 0 Å². The summed E-state index contributed by atoms with van der Waals surface area (Å²) in [5.74, 6) is -1.13. The summed E-state index contributed by atoms with van der Waals surface area (Å²) in [7, 11) is 0. The van der Waals surface area contributed by atoms with Crippen LogP contribution in [0.2, 0.25) is 0 Å². The van der Waals surface area contributed by atoms with Crippen molar-refractivity contribution in [2.75, 3.05) is 6.54 Å². The van der Waals surface area contributed by atoms with E-state index in [1.54, 1.807) is 24.5 Å². The van der Waals surface area contributed by atoms with Gasteiger partial charge < -0.3 is 10.0 Å². The third kappa shape index (κ3) is 2.81. The molecule has 0 bridgehead atoms. The molecule has 0 radical (unpaired) electrons. The van der Waals surface area contributed by atoms with Gasteiger partial charge in [0.1, 0.15) is 6.04 Å². The molecule has 1 saturated heterocycles. The molecule has 96 valence electrons. The van der Waals surface area contributed by atoms with Crippen molar-refractivity contribution in [2.45, 2.75) is 24.1 Å². The number of aromatic nitrogens is 1. The van der Waals surface area contributed by atoms with Crippen molar-refractivity contribution in [2.24, 2.45) is 0 Å². The Morgan fingerprint density at radius 3 is 2.72 bits per heavy atom. The van der Waals surface area contributed by atoms with E-state index in [0.29, 0.717) is 19.4 Å². The Kier molecular flexibility index (Phi) is 3.86. The summed E-state index contributed by atoms with van der Waals surface area (Å²) in [5.41, 5.74) is 0.854. The topological polar surface area (TPSA) is 70.5 Å². The first-order valence-corrected chi connectivity index (χ1v) is 6.19. The molecule has 0 spiro atoms. The standard InChI is InChI=1S/C12H14N2O3S/c15-11-6-9(18)7-14(11)10(12(16)17)5-8-1-3-13-4-2-8/h1-4,9-10,18H,5-7H2,(H,16,17). The molecular weight excluding hydrogens is 252 g/mol. The smallest absolute Gasteiger partial charge is 0.326 e. The number of carboxylic acid groups (broad SMARTS) is 1. The van der Waals surface area contributed by atoms with Crippen molar-refractivity contribution in [1.82, 2.24) is 9.88 Å². The first kappa shape index (κ1) is 12.9. The van der Waals surface area contributed by atoms with Gasteiger partial charge in [-0.05, 0) is 17.7 Å². The summed E-state index contributed by atoms with van der Waals surface area (Å²) in [6.07, 6.45) is 3.83. The van der Waals surface area contributed by atoms with Crippen LogP contribution in [-0.2, 0) is 16.0 Å². The van der Waals surface area contributed by atoms with Gasteiger partial charge in [0.05, 0.1) is 0 Å². The number of thiol groups is 1. The zero-order valence-corrected chi connectivity index (χ0v) is 10.6. The maximum absolute atomic E-state index is 11.7. The monoisotopic (exact) mass is 266 g/mol. The molecule has 1 amide bonds. The Bertz CT molecular complexity index is 452. The van der Waals surface area contributed by atoms with Gasteiger partial charge in [0.2, 0.25) is 5.91 Å². The van der Waals surface area contributed by atoms with E-state index in [4.69, 9.17) is 0 Å². The van der Waals surface area contributed by atoms with E-state index < -0.39 is 12.0 Å². The van der Waals surface area contributed by atoms with Gasteiger partial charge in [-0.25, -0.2) is 4.79 Å². The average molecular weight is 266 g/mol. The van der Waals surface area contributed by atoms with E-state index in [0.717, 1.165) is 5.56 Å². The second-order valence-corrected chi connectivity index (χ2v) is 5.05. The molecule has 6 heteroatoms. The lowest BCUT2D eigenvalue weighted by Crippen LogP contribution is -2.43. The molecule has 0 aromatic carbocycles. The number of nitrogens with zero attached hydrogens (tertiary/aromatic N) is 2. The van der Waals surface area contributed by atoms with Crippen molar-refractivity contribution in [1.29, 1.82) is 0 Å². The number of hydrogen-bond acceptors (Lipinski definition) is 4. The molecule has 18 heavy (non-hydrogen) atoms. The van der Waals surface area contributed by atoms with Crippen LogP contribution in [0.5, 0.6) is 0 Å². The number of carboxylic acids is 1. The Morgan fingerprint density at radius 2 is 2.22 bits per heavy atom. The van der Waals surface area contributed by atoms with Crippen LogP contribution in [0.1, 0.15) is 12.0 Å². The van der Waals surface area contributed by atoms with Gasteiger partial charge >= 0.3 is 5.97 Å². The maximum atomic E-state index is 11.7. The fourth-order valence-electron chi connectivity index (χ4n) is 2.09. The third-order valence-corrected chi connectivity index (χ3v) is 3.32. The predicted octanol–water partition coefficient (Wildman–Crippen LogP) is 0.608. The molecule has 1 aromatic heterocycles. The molecule has 1 N–H and O–H groups in total. The van der Waals surface area contributed by atoms with E-state index in [2.05, 4.69) is 17.6 Å². The van der Waals surface area contributed by atoms with E-state index in [-0.39, 0.29) is 11.2 Å². The molecule has 2 atom stereocenters. The van der Waals surface area contributed by atoms with Crippen molar-refractivity contribution in [3.63, 3.8) is 0 Å². The van der Waals surface area contributed by atoms with Crippen LogP contribution in [0.25, 0.3) is 0 Å². The van der Waals surface area contributed by atoms with Crippen LogP contribution in [0, 0.1) is 0 Å². The average Bonchev–Trinajstić information content (AvgIpc) is 2.66. The maximum Gasteiger partial charge on any atom is 0.326 e. The molecule has 0 saturated carbocycles. The zero-order chi connectivity index (χ0) is 13.1. The highest BCUT2D eigenvalue weighted by atomic mass is 32.1. The van der Waals surface area contributed by atoms with E-state index in [1.165, 1.54) is 4.90 Å². The van der Waals surface area contributed by atoms with Crippen molar-refractivity contribution >= 4 is 24.5 Å². The Balaban J connectivity index is 2.14. The van der Waals surface area contributed by atoms with Gasteiger partial charge in [-0.3, -0.25) is 9.78 Å². The molecule has 2 heterocycles. The first-order chi connectivity index (χ1) is 8.58. The van der Waals surface area contributed by atoms with Crippen LogP contribution < -0.4 is 0 Å². The normalized spacial score (nSPS) is 21.1. The lowest BCUT2D eigenvalue weighted by atomic mass is 10.1. The van der Waals surface area contributed by atoms with E-state index >= 15 is 0 Å². The van der Waals surface area contributed by atoms with Crippen molar-refractivity contribution in [3.05, 3.63) is 30.1 Å². The van der Waals surface area contributed by atoms with Crippen LogP contribution in [-0.4, -0.2) is 44.7 Å². The summed E-state index contributed by atoms with van der Waals surface area (Å²) in [5, 5.41) is 9.19. The van der Waals surface area contributed by atoms with Gasteiger partial charge in [0.15, 0.2) is 0 Å². The SMILES string of the molecule is O=C(O)C(Cc1ccncc1)N1CC(S)CC1=O. The highest BCUT2D eigenvalue weighted by Crippen LogP contribution is 2.20. The summed E-state index contributed by atoms with van der Waals surface area (Å²) in [6.45, 7) is 0.393. The lowest BCUT2D eigenvalue weighted by Gasteiger charge is -2.24. The van der Waals surface area contributed by atoms with Crippen molar-refractivity contribution < 1.29 is 14.7 Å². The van der Waals surface area contributed by atoms with Gasteiger partial charge in [0.25, 0.3) is 0 Å². The van der Waals surface area contributed by atoms with Crippen LogP contribution >= 0.6 is 12.6 Å². The van der Waals surface area contributed by atoms with Gasteiger partial charge in [-0.2, -0.15) is 12.6 Å². The lowest BCUT2D eigenvalue weighted by molar-refractivity contribution is -0.148. The molecule has 1 aliphatic rings. The molecule has 0 aliphatic carbocycles. The molecule has 2 rings (SSSR count). The third-order valence-electron chi connectivity index (χ3n) is 2.98. The fraction of sp³-hybridized carbons (Fsp3) is 0.417. The molecule has 5 nitrogen and oxygen atoms in total. The highest BCUT2D eigenvalue weighted by molar-refractivity contribution is 7.81. The number of aliphatic carboxylic acids is 1. The molecule has 1 fully saturated rings. The predicted molar refractivity (Wildman–Crippen MR) is 68.5 cm³/mol. The van der Waals surface area contributed by atoms with Gasteiger partial charge in [0, 0.05) is 37.0 Å². The van der Waals surface area contributed by atoms with Crippen LogP contribution in [0.4, 0.5) is 0 Å². The number of rotatable bonds is 4. The largest absolute Gasteiger partial charge is 0.480 e. The number of carbonyl (C=O) groups is 2. The van der Waals surface area contributed by atoms with Gasteiger partial charge in [-0.1, -0.05) is 0 Å². The fourth-order valence-corrected chi connectivity index (χ4v) is 2.42.